The normalized spacial score (nSPS) is 26.2. The Labute approximate surface area is 126 Å². The molecule has 2 aliphatic rings. The number of amides is 1. The van der Waals surface area contributed by atoms with Gasteiger partial charge >= 0.3 is 0 Å². The molecular formula is C17H24N2O2. The van der Waals surface area contributed by atoms with E-state index in [0.717, 1.165) is 37.0 Å². The zero-order valence-electron chi connectivity index (χ0n) is 12.5. The molecule has 1 aliphatic heterocycles. The second kappa shape index (κ2) is 6.48. The molecule has 1 aromatic carbocycles. The SMILES string of the molecule is NC1CCCCCC1C(=O)N1CCOc2ccccc2C1. The maximum atomic E-state index is 12.9. The monoisotopic (exact) mass is 288 g/mol. The third kappa shape index (κ3) is 3.21. The number of carbonyl (C=O) groups is 1. The largest absolute Gasteiger partial charge is 0.491 e. The highest BCUT2D eigenvalue weighted by Crippen LogP contribution is 2.27. The Morgan fingerprint density at radius 1 is 1.19 bits per heavy atom. The average Bonchev–Trinajstić information content (AvgIpc) is 2.84. The van der Waals surface area contributed by atoms with Crippen LogP contribution in [0.2, 0.25) is 0 Å². The van der Waals surface area contributed by atoms with Gasteiger partial charge in [-0.2, -0.15) is 0 Å². The zero-order chi connectivity index (χ0) is 14.7. The van der Waals surface area contributed by atoms with Crippen molar-refractivity contribution in [3.05, 3.63) is 29.8 Å². The van der Waals surface area contributed by atoms with Crippen LogP contribution in [0.1, 0.15) is 37.7 Å². The number of ether oxygens (including phenoxy) is 1. The smallest absolute Gasteiger partial charge is 0.227 e. The number of carbonyl (C=O) groups excluding carboxylic acids is 1. The molecule has 1 amide bonds. The van der Waals surface area contributed by atoms with E-state index in [0.29, 0.717) is 19.7 Å². The highest BCUT2D eigenvalue weighted by Gasteiger charge is 2.31. The minimum Gasteiger partial charge on any atom is -0.491 e. The minimum absolute atomic E-state index is 0.0133. The van der Waals surface area contributed by atoms with E-state index in [1.807, 2.05) is 29.2 Å². The Morgan fingerprint density at radius 2 is 2.00 bits per heavy atom. The predicted octanol–water partition coefficient (Wildman–Crippen LogP) is 2.32. The first-order chi connectivity index (χ1) is 10.3. The fourth-order valence-electron chi connectivity index (χ4n) is 3.39. The van der Waals surface area contributed by atoms with Crippen LogP contribution in [-0.2, 0) is 11.3 Å². The molecule has 2 N–H and O–H groups in total. The summed E-state index contributed by atoms with van der Waals surface area (Å²) in [5.74, 6) is 1.10. The van der Waals surface area contributed by atoms with Crippen LogP contribution >= 0.6 is 0 Å². The van der Waals surface area contributed by atoms with Gasteiger partial charge in [-0.25, -0.2) is 0 Å². The minimum atomic E-state index is -0.0160. The highest BCUT2D eigenvalue weighted by atomic mass is 16.5. The topological polar surface area (TPSA) is 55.6 Å². The standard InChI is InChI=1S/C17H24N2O2/c18-15-8-3-1-2-7-14(15)17(20)19-10-11-21-16-9-5-4-6-13(16)12-19/h4-6,9,14-15H,1-3,7-8,10-12,18H2. The third-order valence-electron chi connectivity index (χ3n) is 4.65. The fourth-order valence-corrected chi connectivity index (χ4v) is 3.39. The van der Waals surface area contributed by atoms with Crippen LogP contribution in [0.5, 0.6) is 5.75 Å². The average molecular weight is 288 g/mol. The molecule has 1 fully saturated rings. The summed E-state index contributed by atoms with van der Waals surface area (Å²) in [4.78, 5) is 14.8. The number of hydrogen-bond donors (Lipinski definition) is 1. The van der Waals surface area contributed by atoms with Crippen LogP contribution in [0.25, 0.3) is 0 Å². The molecule has 21 heavy (non-hydrogen) atoms. The zero-order valence-corrected chi connectivity index (χ0v) is 12.5. The lowest BCUT2D eigenvalue weighted by Crippen LogP contribution is -2.44. The summed E-state index contributed by atoms with van der Waals surface area (Å²) in [5, 5.41) is 0. The molecule has 0 aromatic heterocycles. The molecular weight excluding hydrogens is 264 g/mol. The van der Waals surface area contributed by atoms with E-state index in [4.69, 9.17) is 10.5 Å². The van der Waals surface area contributed by atoms with E-state index in [-0.39, 0.29) is 17.9 Å². The highest BCUT2D eigenvalue weighted by molar-refractivity contribution is 5.79. The van der Waals surface area contributed by atoms with Crippen molar-refractivity contribution in [2.45, 2.75) is 44.7 Å². The number of nitrogens with zero attached hydrogens (tertiary/aromatic N) is 1. The van der Waals surface area contributed by atoms with Gasteiger partial charge in [-0.3, -0.25) is 4.79 Å². The Balaban J connectivity index is 1.75. The molecule has 4 heteroatoms. The molecule has 1 heterocycles. The number of fused-ring (bicyclic) bond motifs is 1. The maximum absolute atomic E-state index is 12.9. The summed E-state index contributed by atoms with van der Waals surface area (Å²) >= 11 is 0. The lowest BCUT2D eigenvalue weighted by atomic mass is 9.93. The van der Waals surface area contributed by atoms with Gasteiger partial charge in [0.1, 0.15) is 12.4 Å². The van der Waals surface area contributed by atoms with Gasteiger partial charge in [-0.1, -0.05) is 37.5 Å². The summed E-state index contributed by atoms with van der Waals surface area (Å²) in [7, 11) is 0. The molecule has 1 saturated carbocycles. The molecule has 4 nitrogen and oxygen atoms in total. The molecule has 3 rings (SSSR count). The lowest BCUT2D eigenvalue weighted by Gasteiger charge is -2.28. The summed E-state index contributed by atoms with van der Waals surface area (Å²) in [6, 6.07) is 7.99. The lowest BCUT2D eigenvalue weighted by molar-refractivity contribution is -0.137. The number of benzene rings is 1. The van der Waals surface area contributed by atoms with Gasteiger partial charge in [0, 0.05) is 18.2 Å². The second-order valence-corrected chi connectivity index (χ2v) is 6.12. The van der Waals surface area contributed by atoms with Crippen molar-refractivity contribution in [1.82, 2.24) is 4.90 Å². The summed E-state index contributed by atoms with van der Waals surface area (Å²) in [6.07, 6.45) is 5.36. The first-order valence-corrected chi connectivity index (χ1v) is 8.01. The van der Waals surface area contributed by atoms with E-state index in [9.17, 15) is 4.79 Å². The number of nitrogens with two attached hydrogens (primary N) is 1. The van der Waals surface area contributed by atoms with Gasteiger partial charge in [-0.05, 0) is 18.9 Å². The Bertz CT molecular complexity index is 503. The molecule has 0 spiro atoms. The second-order valence-electron chi connectivity index (χ2n) is 6.12. The van der Waals surface area contributed by atoms with Crippen molar-refractivity contribution in [3.63, 3.8) is 0 Å². The van der Waals surface area contributed by atoms with Crippen LogP contribution < -0.4 is 10.5 Å². The van der Waals surface area contributed by atoms with E-state index >= 15 is 0 Å². The fraction of sp³-hybridized carbons (Fsp3) is 0.588. The van der Waals surface area contributed by atoms with Crippen molar-refractivity contribution >= 4 is 5.91 Å². The number of hydrogen-bond acceptors (Lipinski definition) is 3. The summed E-state index contributed by atoms with van der Waals surface area (Å²) in [5.41, 5.74) is 7.33. The van der Waals surface area contributed by atoms with Crippen molar-refractivity contribution in [2.24, 2.45) is 11.7 Å². The van der Waals surface area contributed by atoms with Crippen LogP contribution in [0.15, 0.2) is 24.3 Å². The van der Waals surface area contributed by atoms with Crippen LogP contribution in [0.3, 0.4) is 0 Å². The molecule has 2 atom stereocenters. The summed E-state index contributed by atoms with van der Waals surface area (Å²) in [6.45, 7) is 1.85. The van der Waals surface area contributed by atoms with Crippen molar-refractivity contribution in [3.8, 4) is 5.75 Å². The molecule has 1 aliphatic carbocycles. The van der Waals surface area contributed by atoms with Crippen molar-refractivity contribution in [2.75, 3.05) is 13.2 Å². The van der Waals surface area contributed by atoms with Crippen molar-refractivity contribution < 1.29 is 9.53 Å². The van der Waals surface area contributed by atoms with E-state index in [2.05, 4.69) is 0 Å². The molecule has 0 saturated heterocycles. The van der Waals surface area contributed by atoms with Crippen molar-refractivity contribution in [1.29, 1.82) is 0 Å². The molecule has 2 unspecified atom stereocenters. The van der Waals surface area contributed by atoms with E-state index < -0.39 is 0 Å². The van der Waals surface area contributed by atoms with Gasteiger partial charge in [0.25, 0.3) is 0 Å². The number of rotatable bonds is 1. The van der Waals surface area contributed by atoms with Gasteiger partial charge < -0.3 is 15.4 Å². The quantitative estimate of drug-likeness (QED) is 0.807. The molecule has 0 radical (unpaired) electrons. The van der Waals surface area contributed by atoms with Gasteiger partial charge in [-0.15, -0.1) is 0 Å². The third-order valence-corrected chi connectivity index (χ3v) is 4.65. The van der Waals surface area contributed by atoms with Gasteiger partial charge in [0.15, 0.2) is 0 Å². The van der Waals surface area contributed by atoms with Gasteiger partial charge in [0.05, 0.1) is 12.5 Å². The Kier molecular flexibility index (Phi) is 4.44. The van der Waals surface area contributed by atoms with E-state index in [1.54, 1.807) is 0 Å². The maximum Gasteiger partial charge on any atom is 0.227 e. The van der Waals surface area contributed by atoms with Gasteiger partial charge in [0.2, 0.25) is 5.91 Å². The van der Waals surface area contributed by atoms with Crippen LogP contribution in [0, 0.1) is 5.92 Å². The first kappa shape index (κ1) is 14.4. The Hall–Kier alpha value is -1.55. The molecule has 1 aromatic rings. The van der Waals surface area contributed by atoms with Crippen LogP contribution in [-0.4, -0.2) is 30.0 Å². The van der Waals surface area contributed by atoms with Crippen LogP contribution in [0.4, 0.5) is 0 Å². The van der Waals surface area contributed by atoms with E-state index in [1.165, 1.54) is 6.42 Å². The predicted molar refractivity (Wildman–Crippen MR) is 81.9 cm³/mol. The summed E-state index contributed by atoms with van der Waals surface area (Å²) < 4.78 is 5.74. The Morgan fingerprint density at radius 3 is 2.90 bits per heavy atom. The first-order valence-electron chi connectivity index (χ1n) is 8.01. The molecule has 114 valence electrons. The molecule has 0 bridgehead atoms. The number of para-hydroxylation sites is 1.